The summed E-state index contributed by atoms with van der Waals surface area (Å²) in [6.45, 7) is 0. The molecule has 10 rings (SSSR count). The lowest BCUT2D eigenvalue weighted by molar-refractivity contribution is 0.672. The summed E-state index contributed by atoms with van der Waals surface area (Å²) in [6, 6.07) is 58.0. The summed E-state index contributed by atoms with van der Waals surface area (Å²) in [4.78, 5) is 20.1. The Balaban J connectivity index is 1.16. The van der Waals surface area contributed by atoms with Crippen LogP contribution in [0.2, 0.25) is 0 Å². The Morgan fingerprint density at radius 3 is 1.59 bits per heavy atom. The smallest absolute Gasteiger partial charge is 0.164 e. The maximum atomic E-state index is 6.74. The van der Waals surface area contributed by atoms with Gasteiger partial charge in [0, 0.05) is 27.6 Å². The number of furan rings is 1. The Hall–Kier alpha value is -6.98. The predicted molar refractivity (Wildman–Crippen MR) is 207 cm³/mol. The number of hydrogen-bond donors (Lipinski definition) is 0. The fourth-order valence-corrected chi connectivity index (χ4v) is 7.11. The second-order valence-electron chi connectivity index (χ2n) is 12.6. The lowest BCUT2D eigenvalue weighted by Crippen LogP contribution is -2.00. The van der Waals surface area contributed by atoms with Crippen LogP contribution in [0.3, 0.4) is 0 Å². The van der Waals surface area contributed by atoms with Crippen LogP contribution in [0.5, 0.6) is 0 Å². The third kappa shape index (κ3) is 4.94. The van der Waals surface area contributed by atoms with Crippen LogP contribution in [0, 0.1) is 0 Å². The summed E-state index contributed by atoms with van der Waals surface area (Å²) < 4.78 is 6.74. The molecule has 7 aromatic carbocycles. The standard InChI is InChI=1S/C46H28N4O/c1-3-14-31(15-4-1)44-48-45(32-16-5-2-6-17-32)50-46(49-44)33-27-25-30(26-28-33)42-41-37-20-9-10-24-39(37)51-43(41)40-36(22-12-23-38(40)47-42)35-21-11-18-29-13-7-8-19-34(29)35/h1-28H. The molecule has 0 N–H and O–H groups in total. The number of pyridine rings is 1. The molecule has 0 amide bonds. The zero-order chi connectivity index (χ0) is 33.7. The first kappa shape index (κ1) is 29.0. The molecule has 0 spiro atoms. The topological polar surface area (TPSA) is 64.7 Å². The van der Waals surface area contributed by atoms with Crippen molar-refractivity contribution in [3.05, 3.63) is 170 Å². The molecule has 5 nitrogen and oxygen atoms in total. The highest BCUT2D eigenvalue weighted by Crippen LogP contribution is 2.44. The predicted octanol–water partition coefficient (Wildman–Crippen LogP) is 11.8. The molecule has 0 saturated carbocycles. The van der Waals surface area contributed by atoms with Gasteiger partial charge in [0.05, 0.1) is 22.0 Å². The summed E-state index contributed by atoms with van der Waals surface area (Å²) in [6.07, 6.45) is 0. The molecule has 0 aliphatic heterocycles. The summed E-state index contributed by atoms with van der Waals surface area (Å²) >= 11 is 0. The Labute approximate surface area is 293 Å². The quantitative estimate of drug-likeness (QED) is 0.185. The van der Waals surface area contributed by atoms with Gasteiger partial charge in [-0.2, -0.15) is 0 Å². The van der Waals surface area contributed by atoms with Crippen molar-refractivity contribution < 1.29 is 4.42 Å². The van der Waals surface area contributed by atoms with Gasteiger partial charge >= 0.3 is 0 Å². The molecule has 0 unspecified atom stereocenters. The Kier molecular flexibility index (Phi) is 6.74. The molecule has 5 heteroatoms. The number of para-hydroxylation sites is 1. The van der Waals surface area contributed by atoms with Gasteiger partial charge in [-0.1, -0.05) is 158 Å². The monoisotopic (exact) mass is 652 g/mol. The van der Waals surface area contributed by atoms with Gasteiger partial charge in [-0.15, -0.1) is 0 Å². The molecular formula is C46H28N4O. The minimum atomic E-state index is 0.611. The van der Waals surface area contributed by atoms with E-state index in [0.717, 1.165) is 71.9 Å². The maximum Gasteiger partial charge on any atom is 0.164 e. The highest BCUT2D eigenvalue weighted by atomic mass is 16.3. The van der Waals surface area contributed by atoms with Gasteiger partial charge in [0.15, 0.2) is 17.5 Å². The zero-order valence-electron chi connectivity index (χ0n) is 27.4. The van der Waals surface area contributed by atoms with E-state index in [0.29, 0.717) is 17.5 Å². The van der Waals surface area contributed by atoms with E-state index in [2.05, 4.69) is 97.1 Å². The van der Waals surface area contributed by atoms with Crippen LogP contribution >= 0.6 is 0 Å². The first-order chi connectivity index (χ1) is 25.3. The van der Waals surface area contributed by atoms with Crippen LogP contribution in [-0.4, -0.2) is 19.9 Å². The number of aromatic nitrogens is 4. The molecule has 0 aliphatic rings. The van der Waals surface area contributed by atoms with E-state index in [-0.39, 0.29) is 0 Å². The molecule has 0 radical (unpaired) electrons. The van der Waals surface area contributed by atoms with Gasteiger partial charge in [0.2, 0.25) is 0 Å². The fraction of sp³-hybridized carbons (Fsp3) is 0. The van der Waals surface area contributed by atoms with E-state index >= 15 is 0 Å². The Bertz CT molecular complexity index is 2840. The second-order valence-corrected chi connectivity index (χ2v) is 12.6. The van der Waals surface area contributed by atoms with Gasteiger partial charge in [0.1, 0.15) is 11.2 Å². The first-order valence-corrected chi connectivity index (χ1v) is 17.0. The van der Waals surface area contributed by atoms with Crippen molar-refractivity contribution in [3.8, 4) is 56.5 Å². The molecular weight excluding hydrogens is 625 g/mol. The number of nitrogens with zero attached hydrogens (tertiary/aromatic N) is 4. The minimum absolute atomic E-state index is 0.611. The van der Waals surface area contributed by atoms with E-state index in [4.69, 9.17) is 24.4 Å². The average Bonchev–Trinajstić information content (AvgIpc) is 3.60. The van der Waals surface area contributed by atoms with Crippen LogP contribution in [0.15, 0.2) is 174 Å². The number of hydrogen-bond acceptors (Lipinski definition) is 5. The van der Waals surface area contributed by atoms with E-state index in [1.54, 1.807) is 0 Å². The lowest BCUT2D eigenvalue weighted by Gasteiger charge is -2.13. The van der Waals surface area contributed by atoms with Crippen molar-refractivity contribution in [3.63, 3.8) is 0 Å². The molecule has 0 fully saturated rings. The van der Waals surface area contributed by atoms with Gasteiger partial charge < -0.3 is 4.42 Å². The van der Waals surface area contributed by atoms with Crippen LogP contribution in [0.4, 0.5) is 0 Å². The number of fused-ring (bicyclic) bond motifs is 6. The Morgan fingerprint density at radius 1 is 0.353 bits per heavy atom. The lowest BCUT2D eigenvalue weighted by atomic mass is 9.93. The highest BCUT2D eigenvalue weighted by Gasteiger charge is 2.21. The SMILES string of the molecule is c1ccc(-c2nc(-c3ccccc3)nc(-c3ccc(-c4nc5cccc(-c6cccc7ccccc67)c5c5oc6ccccc6c45)cc3)n2)cc1. The molecule has 3 heterocycles. The summed E-state index contributed by atoms with van der Waals surface area (Å²) in [5.74, 6) is 1.88. The normalized spacial score (nSPS) is 11.5. The highest BCUT2D eigenvalue weighted by molar-refractivity contribution is 6.23. The summed E-state index contributed by atoms with van der Waals surface area (Å²) in [7, 11) is 0. The maximum absolute atomic E-state index is 6.74. The molecule has 0 bridgehead atoms. The first-order valence-electron chi connectivity index (χ1n) is 17.0. The molecule has 3 aromatic heterocycles. The molecule has 0 saturated heterocycles. The van der Waals surface area contributed by atoms with E-state index in [9.17, 15) is 0 Å². The fourth-order valence-electron chi connectivity index (χ4n) is 7.11. The second kappa shape index (κ2) is 11.9. The van der Waals surface area contributed by atoms with E-state index in [1.807, 2.05) is 72.8 Å². The van der Waals surface area contributed by atoms with Crippen molar-refractivity contribution in [2.45, 2.75) is 0 Å². The third-order valence-electron chi connectivity index (χ3n) is 9.53. The van der Waals surface area contributed by atoms with E-state index < -0.39 is 0 Å². The summed E-state index contributed by atoms with van der Waals surface area (Å²) in [5.41, 5.74) is 9.41. The van der Waals surface area contributed by atoms with Gasteiger partial charge in [-0.05, 0) is 34.0 Å². The molecule has 238 valence electrons. The number of benzene rings is 7. The average molecular weight is 653 g/mol. The van der Waals surface area contributed by atoms with Crippen molar-refractivity contribution >= 4 is 43.6 Å². The Morgan fingerprint density at radius 2 is 0.882 bits per heavy atom. The van der Waals surface area contributed by atoms with Crippen molar-refractivity contribution in [2.24, 2.45) is 0 Å². The van der Waals surface area contributed by atoms with Crippen LogP contribution < -0.4 is 0 Å². The molecule has 0 aliphatic carbocycles. The van der Waals surface area contributed by atoms with Crippen LogP contribution in [-0.2, 0) is 0 Å². The number of rotatable bonds is 5. The van der Waals surface area contributed by atoms with Crippen molar-refractivity contribution in [1.29, 1.82) is 0 Å². The van der Waals surface area contributed by atoms with Gasteiger partial charge in [-0.25, -0.2) is 19.9 Å². The van der Waals surface area contributed by atoms with Gasteiger partial charge in [-0.3, -0.25) is 0 Å². The third-order valence-corrected chi connectivity index (χ3v) is 9.53. The van der Waals surface area contributed by atoms with Crippen LogP contribution in [0.25, 0.3) is 100 Å². The van der Waals surface area contributed by atoms with Gasteiger partial charge in [0.25, 0.3) is 0 Å². The minimum Gasteiger partial charge on any atom is -0.455 e. The van der Waals surface area contributed by atoms with E-state index in [1.165, 1.54) is 10.8 Å². The molecule has 0 atom stereocenters. The van der Waals surface area contributed by atoms with Crippen LogP contribution in [0.1, 0.15) is 0 Å². The zero-order valence-corrected chi connectivity index (χ0v) is 27.4. The van der Waals surface area contributed by atoms with Crippen molar-refractivity contribution in [2.75, 3.05) is 0 Å². The van der Waals surface area contributed by atoms with Crippen molar-refractivity contribution in [1.82, 2.24) is 19.9 Å². The summed E-state index contributed by atoms with van der Waals surface area (Å²) in [5, 5.41) is 5.43. The molecule has 10 aromatic rings. The largest absolute Gasteiger partial charge is 0.455 e. The molecule has 51 heavy (non-hydrogen) atoms.